The highest BCUT2D eigenvalue weighted by atomic mass is 16.5. The lowest BCUT2D eigenvalue weighted by Gasteiger charge is -2.25. The van der Waals surface area contributed by atoms with E-state index in [1.807, 2.05) is 19.9 Å². The molecule has 1 aromatic heterocycles. The molecule has 0 saturated carbocycles. The summed E-state index contributed by atoms with van der Waals surface area (Å²) in [5, 5.41) is 13.4. The fourth-order valence-electron chi connectivity index (χ4n) is 1.99. The fourth-order valence-corrected chi connectivity index (χ4v) is 1.99. The van der Waals surface area contributed by atoms with Gasteiger partial charge in [0.2, 0.25) is 0 Å². The Bertz CT molecular complexity index is 469. The lowest BCUT2D eigenvalue weighted by molar-refractivity contribution is 0.0525. The van der Waals surface area contributed by atoms with Crippen molar-refractivity contribution in [3.63, 3.8) is 0 Å². The van der Waals surface area contributed by atoms with Gasteiger partial charge in [-0.05, 0) is 27.2 Å². The van der Waals surface area contributed by atoms with Crippen LogP contribution in [0.4, 0.5) is 0 Å². The predicted molar refractivity (Wildman–Crippen MR) is 67.1 cm³/mol. The summed E-state index contributed by atoms with van der Waals surface area (Å²) in [5.41, 5.74) is 0.223. The van der Waals surface area contributed by atoms with Crippen molar-refractivity contribution in [1.29, 1.82) is 5.26 Å². The van der Waals surface area contributed by atoms with E-state index in [0.717, 1.165) is 12.8 Å². The van der Waals surface area contributed by atoms with Gasteiger partial charge < -0.3 is 4.74 Å². The Kier molecular flexibility index (Phi) is 4.49. The Hall–Kier alpha value is -1.83. The van der Waals surface area contributed by atoms with Gasteiger partial charge in [-0.15, -0.1) is 0 Å². The molecule has 0 aromatic carbocycles. The third kappa shape index (κ3) is 2.70. The van der Waals surface area contributed by atoms with E-state index in [9.17, 15) is 10.1 Å². The van der Waals surface area contributed by atoms with Crippen LogP contribution in [0, 0.1) is 11.3 Å². The van der Waals surface area contributed by atoms with Crippen molar-refractivity contribution in [2.24, 2.45) is 0 Å². The van der Waals surface area contributed by atoms with Crippen LogP contribution in [-0.2, 0) is 10.3 Å². The number of hydrogen-bond donors (Lipinski definition) is 0. The van der Waals surface area contributed by atoms with E-state index in [4.69, 9.17) is 4.74 Å². The molecule has 0 amide bonds. The molecule has 1 heterocycles. The summed E-state index contributed by atoms with van der Waals surface area (Å²) in [7, 11) is 0. The molecule has 98 valence electrons. The van der Waals surface area contributed by atoms with Gasteiger partial charge in [0.1, 0.15) is 11.6 Å². The molecule has 0 saturated heterocycles. The minimum atomic E-state index is -0.493. The number of nitrogens with zero attached hydrogens (tertiary/aromatic N) is 3. The SMILES string of the molecule is CCCC(C)(C)n1ncc(C(=O)OCC)c1C#N. The Morgan fingerprint density at radius 3 is 2.72 bits per heavy atom. The van der Waals surface area contributed by atoms with Gasteiger partial charge in [-0.2, -0.15) is 10.4 Å². The van der Waals surface area contributed by atoms with Crippen molar-refractivity contribution in [3.05, 3.63) is 17.5 Å². The minimum absolute atomic E-state index is 0.239. The van der Waals surface area contributed by atoms with Crippen molar-refractivity contribution >= 4 is 5.97 Å². The van der Waals surface area contributed by atoms with E-state index in [-0.39, 0.29) is 23.4 Å². The van der Waals surface area contributed by atoms with Crippen molar-refractivity contribution in [2.75, 3.05) is 6.61 Å². The quantitative estimate of drug-likeness (QED) is 0.752. The number of ether oxygens (including phenoxy) is 1. The molecule has 0 aliphatic carbocycles. The predicted octanol–water partition coefficient (Wildman–Crippen LogP) is 2.47. The van der Waals surface area contributed by atoms with Crippen LogP contribution in [0.5, 0.6) is 0 Å². The van der Waals surface area contributed by atoms with Gasteiger partial charge in [-0.1, -0.05) is 13.3 Å². The molecule has 0 aliphatic rings. The third-order valence-corrected chi connectivity index (χ3v) is 2.81. The molecular weight excluding hydrogens is 230 g/mol. The maximum absolute atomic E-state index is 11.7. The van der Waals surface area contributed by atoms with Crippen LogP contribution in [0.3, 0.4) is 0 Å². The molecule has 5 nitrogen and oxygen atoms in total. The number of hydrogen-bond acceptors (Lipinski definition) is 4. The van der Waals surface area contributed by atoms with E-state index in [2.05, 4.69) is 12.0 Å². The second-order valence-electron chi connectivity index (χ2n) is 4.71. The van der Waals surface area contributed by atoms with Crippen molar-refractivity contribution < 1.29 is 9.53 Å². The van der Waals surface area contributed by atoms with Crippen LogP contribution in [-0.4, -0.2) is 22.4 Å². The smallest absolute Gasteiger partial charge is 0.342 e. The molecule has 0 spiro atoms. The Morgan fingerprint density at radius 2 is 2.22 bits per heavy atom. The zero-order chi connectivity index (χ0) is 13.8. The maximum atomic E-state index is 11.7. The molecule has 0 fully saturated rings. The highest BCUT2D eigenvalue weighted by Gasteiger charge is 2.27. The summed E-state index contributed by atoms with van der Waals surface area (Å²) >= 11 is 0. The first-order valence-corrected chi connectivity index (χ1v) is 6.13. The van der Waals surface area contributed by atoms with Crippen LogP contribution < -0.4 is 0 Å². The monoisotopic (exact) mass is 249 g/mol. The van der Waals surface area contributed by atoms with Gasteiger partial charge in [0.25, 0.3) is 0 Å². The highest BCUT2D eigenvalue weighted by Crippen LogP contribution is 2.24. The van der Waals surface area contributed by atoms with Crippen LogP contribution in [0.15, 0.2) is 6.20 Å². The lowest BCUT2D eigenvalue weighted by atomic mass is 9.99. The normalized spacial score (nSPS) is 11.1. The summed E-state index contributed by atoms with van der Waals surface area (Å²) < 4.78 is 6.53. The van der Waals surface area contributed by atoms with E-state index < -0.39 is 5.97 Å². The molecule has 0 N–H and O–H groups in total. The molecule has 1 aromatic rings. The van der Waals surface area contributed by atoms with Crippen LogP contribution in [0.25, 0.3) is 0 Å². The number of rotatable bonds is 5. The summed E-state index contributed by atoms with van der Waals surface area (Å²) in [6.07, 6.45) is 3.27. The third-order valence-electron chi connectivity index (χ3n) is 2.81. The number of nitriles is 1. The van der Waals surface area contributed by atoms with E-state index >= 15 is 0 Å². The van der Waals surface area contributed by atoms with Crippen molar-refractivity contribution in [3.8, 4) is 6.07 Å². The zero-order valence-electron chi connectivity index (χ0n) is 11.4. The van der Waals surface area contributed by atoms with Crippen molar-refractivity contribution in [2.45, 2.75) is 46.1 Å². The Labute approximate surface area is 107 Å². The van der Waals surface area contributed by atoms with E-state index in [0.29, 0.717) is 0 Å². The zero-order valence-corrected chi connectivity index (χ0v) is 11.4. The first-order valence-electron chi connectivity index (χ1n) is 6.13. The van der Waals surface area contributed by atoms with Crippen molar-refractivity contribution in [1.82, 2.24) is 9.78 Å². The van der Waals surface area contributed by atoms with Crippen LogP contribution in [0.2, 0.25) is 0 Å². The standard InChI is InChI=1S/C13H19N3O2/c1-5-7-13(3,4)16-11(8-14)10(9-15-16)12(17)18-6-2/h9H,5-7H2,1-4H3. The first-order chi connectivity index (χ1) is 8.47. The summed E-state index contributed by atoms with van der Waals surface area (Å²) in [5.74, 6) is -0.493. The van der Waals surface area contributed by atoms with E-state index in [1.165, 1.54) is 6.20 Å². The molecule has 0 atom stereocenters. The molecule has 1 rings (SSSR count). The second kappa shape index (κ2) is 5.67. The van der Waals surface area contributed by atoms with Crippen LogP contribution >= 0.6 is 0 Å². The number of carbonyl (C=O) groups excluding carboxylic acids is 1. The van der Waals surface area contributed by atoms with E-state index in [1.54, 1.807) is 11.6 Å². The number of esters is 1. The fraction of sp³-hybridized carbons (Fsp3) is 0.615. The van der Waals surface area contributed by atoms with Gasteiger partial charge in [0, 0.05) is 0 Å². The van der Waals surface area contributed by atoms with Crippen LogP contribution in [0.1, 0.15) is 56.6 Å². The molecular formula is C13H19N3O2. The molecule has 0 bridgehead atoms. The van der Waals surface area contributed by atoms with Gasteiger partial charge in [0.15, 0.2) is 5.69 Å². The molecule has 5 heteroatoms. The Morgan fingerprint density at radius 1 is 1.56 bits per heavy atom. The molecule has 0 unspecified atom stereocenters. The summed E-state index contributed by atoms with van der Waals surface area (Å²) in [6, 6.07) is 2.05. The first kappa shape index (κ1) is 14.2. The van der Waals surface area contributed by atoms with Gasteiger partial charge in [-0.3, -0.25) is 0 Å². The second-order valence-corrected chi connectivity index (χ2v) is 4.71. The average molecular weight is 249 g/mol. The highest BCUT2D eigenvalue weighted by molar-refractivity contribution is 5.91. The summed E-state index contributed by atoms with van der Waals surface area (Å²) in [4.78, 5) is 11.7. The maximum Gasteiger partial charge on any atom is 0.342 e. The van der Waals surface area contributed by atoms with Gasteiger partial charge >= 0.3 is 5.97 Å². The largest absolute Gasteiger partial charge is 0.462 e. The number of carbonyl (C=O) groups is 1. The van der Waals surface area contributed by atoms with Gasteiger partial charge in [0.05, 0.1) is 18.3 Å². The minimum Gasteiger partial charge on any atom is -0.462 e. The Balaban J connectivity index is 3.18. The molecule has 18 heavy (non-hydrogen) atoms. The molecule has 0 radical (unpaired) electrons. The number of aromatic nitrogens is 2. The van der Waals surface area contributed by atoms with Gasteiger partial charge in [-0.25, -0.2) is 9.48 Å². The summed E-state index contributed by atoms with van der Waals surface area (Å²) in [6.45, 7) is 8.09. The average Bonchev–Trinajstić information content (AvgIpc) is 2.73. The lowest BCUT2D eigenvalue weighted by Crippen LogP contribution is -2.28. The molecule has 0 aliphatic heterocycles. The topological polar surface area (TPSA) is 67.9 Å².